The summed E-state index contributed by atoms with van der Waals surface area (Å²) in [6.07, 6.45) is 0.178. The van der Waals surface area contributed by atoms with Crippen molar-refractivity contribution in [2.75, 3.05) is 0 Å². The van der Waals surface area contributed by atoms with Gasteiger partial charge in [-0.1, -0.05) is 50.1 Å². The first-order chi connectivity index (χ1) is 12.8. The van der Waals surface area contributed by atoms with Gasteiger partial charge in [0.25, 0.3) is 0 Å². The molecule has 0 fully saturated rings. The Morgan fingerprint density at radius 2 is 1.78 bits per heavy atom. The number of hydrogen-bond donors (Lipinski definition) is 4. The number of carboxylic acids is 1. The molecule has 1 aromatic carbocycles. The largest absolute Gasteiger partial charge is 0.481 e. The molecule has 0 spiro atoms. The molecule has 1 unspecified atom stereocenters. The van der Waals surface area contributed by atoms with E-state index in [1.807, 2.05) is 13.0 Å². The van der Waals surface area contributed by atoms with E-state index in [9.17, 15) is 19.2 Å². The van der Waals surface area contributed by atoms with E-state index in [1.54, 1.807) is 24.3 Å². The molecule has 27 heavy (non-hydrogen) atoms. The Hall–Kier alpha value is -3.10. The number of ether oxygens (including phenoxy) is 1. The minimum absolute atomic E-state index is 0.0332. The standard InChI is InChI=1S/C18H25N3O6/c1-2-3-9-13(16(19)24)20-17(25)14(10-15(22)23)21-18(26)27-11-12-7-5-4-6-8-12/h4-8,13-14H,2-3,9-11H2,1H3,(H2,19,24)(H,20,25)(H,21,26)(H,22,23)/t13?,14-/m0/s1. The fourth-order valence-electron chi connectivity index (χ4n) is 2.26. The highest BCUT2D eigenvalue weighted by molar-refractivity contribution is 5.92. The normalized spacial score (nSPS) is 12.5. The second kappa shape index (κ2) is 11.5. The molecule has 3 amide bonds. The Labute approximate surface area is 157 Å². The van der Waals surface area contributed by atoms with Crippen LogP contribution in [0.3, 0.4) is 0 Å². The number of hydrogen-bond acceptors (Lipinski definition) is 5. The number of alkyl carbamates (subject to hydrolysis) is 1. The summed E-state index contributed by atoms with van der Waals surface area (Å²) in [6, 6.07) is 6.53. The van der Waals surface area contributed by atoms with Crippen LogP contribution < -0.4 is 16.4 Å². The number of carbonyl (C=O) groups excluding carboxylic acids is 3. The fraction of sp³-hybridized carbons (Fsp3) is 0.444. The zero-order chi connectivity index (χ0) is 20.2. The average molecular weight is 379 g/mol. The molecule has 1 aromatic rings. The molecular weight excluding hydrogens is 354 g/mol. The summed E-state index contributed by atoms with van der Waals surface area (Å²) in [5, 5.41) is 13.6. The van der Waals surface area contributed by atoms with E-state index in [2.05, 4.69) is 10.6 Å². The number of carboxylic acid groups (broad SMARTS) is 1. The minimum Gasteiger partial charge on any atom is -0.481 e. The molecular formula is C18H25N3O6. The summed E-state index contributed by atoms with van der Waals surface area (Å²) in [5.74, 6) is -2.82. The lowest BCUT2D eigenvalue weighted by atomic mass is 10.1. The Kier molecular flexibility index (Phi) is 9.35. The number of nitrogens with two attached hydrogens (primary N) is 1. The molecule has 9 heteroatoms. The van der Waals surface area contributed by atoms with E-state index in [1.165, 1.54) is 0 Å². The molecule has 0 bridgehead atoms. The predicted octanol–water partition coefficient (Wildman–Crippen LogP) is 0.916. The number of primary amides is 1. The molecule has 0 aliphatic carbocycles. The third-order valence-electron chi connectivity index (χ3n) is 3.71. The highest BCUT2D eigenvalue weighted by Crippen LogP contribution is 2.04. The maximum atomic E-state index is 12.3. The molecule has 9 nitrogen and oxygen atoms in total. The Morgan fingerprint density at radius 3 is 2.33 bits per heavy atom. The molecule has 148 valence electrons. The van der Waals surface area contributed by atoms with Gasteiger partial charge in [-0.3, -0.25) is 14.4 Å². The van der Waals surface area contributed by atoms with Gasteiger partial charge in [0.2, 0.25) is 11.8 Å². The monoisotopic (exact) mass is 379 g/mol. The number of amides is 3. The van der Waals surface area contributed by atoms with E-state index in [0.29, 0.717) is 12.8 Å². The number of rotatable bonds is 11. The van der Waals surface area contributed by atoms with E-state index in [4.69, 9.17) is 15.6 Å². The van der Waals surface area contributed by atoms with Gasteiger partial charge in [-0.25, -0.2) is 4.79 Å². The van der Waals surface area contributed by atoms with E-state index < -0.39 is 42.4 Å². The summed E-state index contributed by atoms with van der Waals surface area (Å²) in [4.78, 5) is 46.7. The average Bonchev–Trinajstić information content (AvgIpc) is 2.63. The summed E-state index contributed by atoms with van der Waals surface area (Å²) in [5.41, 5.74) is 5.99. The lowest BCUT2D eigenvalue weighted by Gasteiger charge is -2.20. The van der Waals surface area contributed by atoms with Crippen molar-refractivity contribution >= 4 is 23.9 Å². The lowest BCUT2D eigenvalue weighted by Crippen LogP contribution is -2.53. The molecule has 0 saturated heterocycles. The first kappa shape index (κ1) is 21.9. The van der Waals surface area contributed by atoms with Crippen molar-refractivity contribution in [3.05, 3.63) is 35.9 Å². The van der Waals surface area contributed by atoms with Crippen molar-refractivity contribution in [3.8, 4) is 0 Å². The zero-order valence-electron chi connectivity index (χ0n) is 15.1. The predicted molar refractivity (Wildman–Crippen MR) is 96.5 cm³/mol. The molecule has 5 N–H and O–H groups in total. The third-order valence-corrected chi connectivity index (χ3v) is 3.71. The van der Waals surface area contributed by atoms with Crippen molar-refractivity contribution < 1.29 is 29.0 Å². The molecule has 0 aliphatic rings. The summed E-state index contributed by atoms with van der Waals surface area (Å²) in [7, 11) is 0. The van der Waals surface area contributed by atoms with Crippen LogP contribution in [-0.2, 0) is 25.7 Å². The summed E-state index contributed by atoms with van der Waals surface area (Å²) >= 11 is 0. The van der Waals surface area contributed by atoms with Crippen LogP contribution in [0.25, 0.3) is 0 Å². The number of benzene rings is 1. The van der Waals surface area contributed by atoms with Crippen LogP contribution >= 0.6 is 0 Å². The molecule has 0 aliphatic heterocycles. The summed E-state index contributed by atoms with van der Waals surface area (Å²) in [6.45, 7) is 1.88. The van der Waals surface area contributed by atoms with Crippen molar-refractivity contribution in [2.24, 2.45) is 5.73 Å². The van der Waals surface area contributed by atoms with Crippen LogP contribution in [0.1, 0.15) is 38.2 Å². The topological polar surface area (TPSA) is 148 Å². The molecule has 0 saturated carbocycles. The molecule has 0 radical (unpaired) electrons. The second-order valence-corrected chi connectivity index (χ2v) is 5.96. The van der Waals surface area contributed by atoms with Crippen LogP contribution in [0.2, 0.25) is 0 Å². The maximum absolute atomic E-state index is 12.3. The van der Waals surface area contributed by atoms with Gasteiger partial charge in [-0.05, 0) is 12.0 Å². The number of aliphatic carboxylic acids is 1. The quantitative estimate of drug-likeness (QED) is 0.449. The van der Waals surface area contributed by atoms with Gasteiger partial charge in [0.15, 0.2) is 0 Å². The highest BCUT2D eigenvalue weighted by atomic mass is 16.5. The minimum atomic E-state index is -1.39. The molecule has 0 aromatic heterocycles. The first-order valence-electron chi connectivity index (χ1n) is 8.62. The van der Waals surface area contributed by atoms with Crippen LogP contribution in [0.15, 0.2) is 30.3 Å². The number of carbonyl (C=O) groups is 4. The zero-order valence-corrected chi connectivity index (χ0v) is 15.1. The van der Waals surface area contributed by atoms with Crippen molar-refractivity contribution in [3.63, 3.8) is 0 Å². The lowest BCUT2D eigenvalue weighted by molar-refractivity contribution is -0.140. The third kappa shape index (κ3) is 8.70. The van der Waals surface area contributed by atoms with Crippen molar-refractivity contribution in [2.45, 2.75) is 51.3 Å². The smallest absolute Gasteiger partial charge is 0.408 e. The van der Waals surface area contributed by atoms with Crippen LogP contribution in [0.4, 0.5) is 4.79 Å². The Morgan fingerprint density at radius 1 is 1.11 bits per heavy atom. The van der Waals surface area contributed by atoms with Crippen LogP contribution in [-0.4, -0.2) is 41.1 Å². The van der Waals surface area contributed by atoms with Crippen LogP contribution in [0.5, 0.6) is 0 Å². The second-order valence-electron chi connectivity index (χ2n) is 5.96. The SMILES string of the molecule is CCCCC(NC(=O)[C@H](CC(=O)O)NC(=O)OCc1ccccc1)C(N)=O. The maximum Gasteiger partial charge on any atom is 0.408 e. The van der Waals surface area contributed by atoms with E-state index in [0.717, 1.165) is 12.0 Å². The van der Waals surface area contributed by atoms with Crippen molar-refractivity contribution in [1.29, 1.82) is 0 Å². The van der Waals surface area contributed by atoms with Crippen LogP contribution in [0, 0.1) is 0 Å². The van der Waals surface area contributed by atoms with Gasteiger partial charge in [-0.2, -0.15) is 0 Å². The highest BCUT2D eigenvalue weighted by Gasteiger charge is 2.27. The first-order valence-corrected chi connectivity index (χ1v) is 8.62. The van der Waals surface area contributed by atoms with Gasteiger partial charge in [0.05, 0.1) is 6.42 Å². The molecule has 0 heterocycles. The van der Waals surface area contributed by atoms with Gasteiger partial charge in [0, 0.05) is 0 Å². The van der Waals surface area contributed by atoms with Crippen molar-refractivity contribution in [1.82, 2.24) is 10.6 Å². The number of nitrogens with one attached hydrogen (secondary N) is 2. The molecule has 2 atom stereocenters. The van der Waals surface area contributed by atoms with Gasteiger partial charge >= 0.3 is 12.1 Å². The Balaban J connectivity index is 2.66. The van der Waals surface area contributed by atoms with E-state index >= 15 is 0 Å². The number of unbranched alkanes of at least 4 members (excludes halogenated alkanes) is 1. The fourth-order valence-corrected chi connectivity index (χ4v) is 2.26. The van der Waals surface area contributed by atoms with Gasteiger partial charge < -0.3 is 26.2 Å². The van der Waals surface area contributed by atoms with Gasteiger partial charge in [0.1, 0.15) is 18.7 Å². The summed E-state index contributed by atoms with van der Waals surface area (Å²) < 4.78 is 4.99. The molecule has 1 rings (SSSR count). The van der Waals surface area contributed by atoms with Gasteiger partial charge in [-0.15, -0.1) is 0 Å². The Bertz CT molecular complexity index is 650. The van der Waals surface area contributed by atoms with E-state index in [-0.39, 0.29) is 6.61 Å².